The molecule has 1 aliphatic rings. The van der Waals surface area contributed by atoms with Crippen LogP contribution in [0.5, 0.6) is 0 Å². The van der Waals surface area contributed by atoms with Gasteiger partial charge in [0.1, 0.15) is 5.15 Å². The second kappa shape index (κ2) is 7.86. The Kier molecular flexibility index (Phi) is 5.72. The van der Waals surface area contributed by atoms with Crippen molar-refractivity contribution in [2.45, 2.75) is 32.4 Å². The summed E-state index contributed by atoms with van der Waals surface area (Å²) in [6.07, 6.45) is 3.55. The Morgan fingerprint density at radius 2 is 2.07 bits per heavy atom. The van der Waals surface area contributed by atoms with E-state index in [1.54, 1.807) is 17.7 Å². The average Bonchev–Trinajstić information content (AvgIpc) is 3.12. The number of hydrogen-bond donors (Lipinski definition) is 1. The van der Waals surface area contributed by atoms with Gasteiger partial charge in [-0.15, -0.1) is 0 Å². The summed E-state index contributed by atoms with van der Waals surface area (Å²) in [6.45, 7) is 3.70. The van der Waals surface area contributed by atoms with Crippen molar-refractivity contribution in [2.75, 3.05) is 11.5 Å². The number of hydrogen-bond acceptors (Lipinski definition) is 4. The molecule has 2 aromatic rings. The maximum absolute atomic E-state index is 12.2. The lowest BCUT2D eigenvalue weighted by Gasteiger charge is -2.12. The zero-order valence-corrected chi connectivity index (χ0v) is 16.8. The fourth-order valence-corrected chi connectivity index (χ4v) is 5.24. The van der Waals surface area contributed by atoms with Crippen molar-refractivity contribution < 1.29 is 13.2 Å². The van der Waals surface area contributed by atoms with E-state index in [1.165, 1.54) is 6.08 Å². The molecule has 0 radical (unpaired) electrons. The molecule has 1 saturated heterocycles. The topological polar surface area (TPSA) is 81.1 Å². The van der Waals surface area contributed by atoms with Gasteiger partial charge in [0, 0.05) is 11.6 Å². The van der Waals surface area contributed by atoms with Gasteiger partial charge >= 0.3 is 0 Å². The minimum absolute atomic E-state index is 0.0477. The van der Waals surface area contributed by atoms with Gasteiger partial charge < -0.3 is 5.32 Å². The molecule has 0 saturated carbocycles. The maximum Gasteiger partial charge on any atom is 0.244 e. The maximum atomic E-state index is 12.2. The Hall–Kier alpha value is -2.12. The Morgan fingerprint density at radius 3 is 2.70 bits per heavy atom. The van der Waals surface area contributed by atoms with Gasteiger partial charge in [-0.3, -0.25) is 4.79 Å². The molecule has 1 aromatic heterocycles. The molecular weight excluding hydrogens is 386 g/mol. The monoisotopic (exact) mass is 407 g/mol. The number of aryl methyl sites for hydroxylation is 1. The number of halogens is 1. The fraction of sp³-hybridized carbons (Fsp3) is 0.368. The van der Waals surface area contributed by atoms with Gasteiger partial charge in [0.2, 0.25) is 5.91 Å². The quantitative estimate of drug-likeness (QED) is 0.772. The van der Waals surface area contributed by atoms with Crippen molar-refractivity contribution in [3.05, 3.63) is 58.4 Å². The molecular formula is C19H22ClN3O3S. The first-order valence-corrected chi connectivity index (χ1v) is 11.0. The number of nitrogens with zero attached hydrogens (tertiary/aromatic N) is 2. The third-order valence-electron chi connectivity index (χ3n) is 4.68. The molecule has 0 aliphatic carbocycles. The Morgan fingerprint density at radius 1 is 1.37 bits per heavy atom. The summed E-state index contributed by atoms with van der Waals surface area (Å²) >= 11 is 6.41. The Balaban J connectivity index is 1.71. The van der Waals surface area contributed by atoms with Gasteiger partial charge in [0.05, 0.1) is 29.3 Å². The molecule has 0 spiro atoms. The highest BCUT2D eigenvalue weighted by Crippen LogP contribution is 2.30. The normalized spacial score (nSPS) is 20.0. The Bertz CT molecular complexity index is 968. The van der Waals surface area contributed by atoms with Crippen LogP contribution in [-0.4, -0.2) is 35.6 Å². The second-order valence-electron chi connectivity index (χ2n) is 6.77. The van der Waals surface area contributed by atoms with E-state index in [9.17, 15) is 13.2 Å². The first kappa shape index (κ1) is 19.6. The number of nitrogens with one attached hydrogen (secondary N) is 1. The van der Waals surface area contributed by atoms with Crippen molar-refractivity contribution in [2.24, 2.45) is 0 Å². The summed E-state index contributed by atoms with van der Waals surface area (Å²) in [5, 5.41) is 7.64. The predicted molar refractivity (Wildman–Crippen MR) is 106 cm³/mol. The van der Waals surface area contributed by atoms with Crippen LogP contribution in [0.15, 0.2) is 36.4 Å². The number of amides is 1. The summed E-state index contributed by atoms with van der Waals surface area (Å²) in [5.41, 5.74) is 2.30. The summed E-state index contributed by atoms with van der Waals surface area (Å²) in [6, 6.07) is 9.31. The fourth-order valence-electron chi connectivity index (χ4n) is 3.18. The largest absolute Gasteiger partial charge is 0.346 e. The molecule has 1 N–H and O–H groups in total. The highest BCUT2D eigenvalue weighted by Gasteiger charge is 2.31. The second-order valence-corrected chi connectivity index (χ2v) is 9.35. The molecule has 144 valence electrons. The molecule has 2 heterocycles. The van der Waals surface area contributed by atoms with Crippen LogP contribution in [0.3, 0.4) is 0 Å². The minimum Gasteiger partial charge on any atom is -0.346 e. The first-order valence-electron chi connectivity index (χ1n) is 8.75. The number of rotatable bonds is 5. The highest BCUT2D eigenvalue weighted by molar-refractivity contribution is 7.91. The number of sulfone groups is 1. The van der Waals surface area contributed by atoms with E-state index in [-0.39, 0.29) is 29.5 Å². The Labute approximate surface area is 164 Å². The number of carbonyl (C=O) groups excluding carboxylic acids is 1. The van der Waals surface area contributed by atoms with Crippen LogP contribution >= 0.6 is 11.6 Å². The molecule has 27 heavy (non-hydrogen) atoms. The van der Waals surface area contributed by atoms with Gasteiger partial charge in [0.15, 0.2) is 9.84 Å². The van der Waals surface area contributed by atoms with E-state index in [0.29, 0.717) is 22.8 Å². The molecule has 2 atom stereocenters. The molecule has 6 nitrogen and oxygen atoms in total. The lowest BCUT2D eigenvalue weighted by Crippen LogP contribution is -2.24. The SMILES string of the molecule is Cc1nn([C@@H]2CCS(=O)(=O)C2)c(Cl)c1/C=C/C(=O)N[C@H](C)c1ccccc1. The summed E-state index contributed by atoms with van der Waals surface area (Å²) in [7, 11) is -3.03. The standard InChI is InChI=1S/C19H22ClN3O3S/c1-13(15-6-4-3-5-7-15)21-18(24)9-8-17-14(2)22-23(19(17)20)16-10-11-27(25,26)12-16/h3-9,13,16H,10-12H2,1-2H3,(H,21,24)/b9-8+/t13-,16-/m1/s1. The van der Waals surface area contributed by atoms with Crippen LogP contribution in [0.1, 0.15) is 42.2 Å². The van der Waals surface area contributed by atoms with E-state index < -0.39 is 9.84 Å². The van der Waals surface area contributed by atoms with Gasteiger partial charge in [0.25, 0.3) is 0 Å². The van der Waals surface area contributed by atoms with E-state index in [2.05, 4.69) is 10.4 Å². The molecule has 1 aromatic carbocycles. The summed E-state index contributed by atoms with van der Waals surface area (Å²) in [5.74, 6) is -0.0396. The molecule has 1 aliphatic heterocycles. The molecule has 0 unspecified atom stereocenters. The smallest absolute Gasteiger partial charge is 0.244 e. The molecule has 0 bridgehead atoms. The van der Waals surface area contributed by atoms with Crippen LogP contribution in [-0.2, 0) is 14.6 Å². The van der Waals surface area contributed by atoms with Crippen LogP contribution in [0.25, 0.3) is 6.08 Å². The van der Waals surface area contributed by atoms with Gasteiger partial charge in [-0.05, 0) is 31.9 Å². The van der Waals surface area contributed by atoms with Crippen LogP contribution in [0.2, 0.25) is 5.15 Å². The van der Waals surface area contributed by atoms with Crippen molar-refractivity contribution in [1.29, 1.82) is 0 Å². The van der Waals surface area contributed by atoms with E-state index in [1.807, 2.05) is 37.3 Å². The van der Waals surface area contributed by atoms with E-state index in [0.717, 1.165) is 5.56 Å². The van der Waals surface area contributed by atoms with Crippen LogP contribution in [0, 0.1) is 6.92 Å². The third-order valence-corrected chi connectivity index (χ3v) is 6.81. The van der Waals surface area contributed by atoms with Crippen molar-refractivity contribution in [1.82, 2.24) is 15.1 Å². The van der Waals surface area contributed by atoms with E-state index >= 15 is 0 Å². The van der Waals surface area contributed by atoms with Crippen LogP contribution in [0.4, 0.5) is 0 Å². The molecule has 1 fully saturated rings. The molecule has 1 amide bonds. The van der Waals surface area contributed by atoms with Crippen molar-refractivity contribution in [3.8, 4) is 0 Å². The molecule has 8 heteroatoms. The lowest BCUT2D eigenvalue weighted by molar-refractivity contribution is -0.117. The first-order chi connectivity index (χ1) is 12.8. The summed E-state index contributed by atoms with van der Waals surface area (Å²) in [4.78, 5) is 12.2. The number of carbonyl (C=O) groups is 1. The summed E-state index contributed by atoms with van der Waals surface area (Å²) < 4.78 is 25.0. The average molecular weight is 408 g/mol. The van der Waals surface area contributed by atoms with Gasteiger partial charge in [-0.1, -0.05) is 41.9 Å². The third kappa shape index (κ3) is 4.59. The number of benzene rings is 1. The molecule has 3 rings (SSSR count). The van der Waals surface area contributed by atoms with Gasteiger partial charge in [-0.2, -0.15) is 5.10 Å². The zero-order valence-electron chi connectivity index (χ0n) is 15.2. The number of aromatic nitrogens is 2. The highest BCUT2D eigenvalue weighted by atomic mass is 35.5. The lowest BCUT2D eigenvalue weighted by atomic mass is 10.1. The van der Waals surface area contributed by atoms with Gasteiger partial charge in [-0.25, -0.2) is 13.1 Å². The minimum atomic E-state index is -3.03. The van der Waals surface area contributed by atoms with Crippen molar-refractivity contribution in [3.63, 3.8) is 0 Å². The van der Waals surface area contributed by atoms with Crippen molar-refractivity contribution >= 4 is 33.4 Å². The van der Waals surface area contributed by atoms with Crippen LogP contribution < -0.4 is 5.32 Å². The predicted octanol–water partition coefficient (Wildman–Crippen LogP) is 3.10. The zero-order chi connectivity index (χ0) is 19.6. The van der Waals surface area contributed by atoms with E-state index in [4.69, 9.17) is 11.6 Å².